The minimum atomic E-state index is -0.117. The second kappa shape index (κ2) is 5.54. The number of hydrogen-bond donors (Lipinski definition) is 0. The van der Waals surface area contributed by atoms with Crippen LogP contribution in [-0.4, -0.2) is 11.6 Å². The molecule has 2 fully saturated rings. The van der Waals surface area contributed by atoms with Gasteiger partial charge in [-0.15, -0.1) is 0 Å². The Balaban J connectivity index is 1.63. The Kier molecular flexibility index (Phi) is 3.37. The molecule has 0 N–H and O–H groups in total. The Morgan fingerprint density at radius 2 is 1.30 bits per heavy atom. The second-order valence-corrected chi connectivity index (χ2v) is 6.14. The number of allylic oxidation sites excluding steroid dienone is 2. The standard InChI is InChI=1S/C19H16O4/c20-18-13-7-12(8-14(18)10-16-3-1-5-22-16)19(21)15(9-13)11-17-4-2-6-23-17/h1-6,10-13H,7-9H2/b14-10-,15-11?/t12-,13+/m0/s1. The molecule has 0 saturated heterocycles. The predicted octanol–water partition coefficient (Wildman–Crippen LogP) is 3.91. The first kappa shape index (κ1) is 14.0. The van der Waals surface area contributed by atoms with Crippen molar-refractivity contribution in [3.8, 4) is 0 Å². The van der Waals surface area contributed by atoms with Crippen LogP contribution in [-0.2, 0) is 9.59 Å². The van der Waals surface area contributed by atoms with Gasteiger partial charge in [0, 0.05) is 11.8 Å². The third-order valence-electron chi connectivity index (χ3n) is 4.60. The highest BCUT2D eigenvalue weighted by atomic mass is 16.3. The number of fused-ring (bicyclic) bond motifs is 2. The van der Waals surface area contributed by atoms with Crippen LogP contribution in [0, 0.1) is 11.8 Å². The van der Waals surface area contributed by atoms with Gasteiger partial charge in [0.1, 0.15) is 11.5 Å². The number of Topliss-reactive ketones (excluding diaryl/α,β-unsaturated/α-hetero) is 2. The number of furan rings is 2. The van der Waals surface area contributed by atoms with Gasteiger partial charge in [-0.1, -0.05) is 0 Å². The molecule has 116 valence electrons. The number of rotatable bonds is 2. The van der Waals surface area contributed by atoms with E-state index in [2.05, 4.69) is 0 Å². The number of ketones is 2. The lowest BCUT2D eigenvalue weighted by Crippen LogP contribution is -2.37. The molecule has 0 aromatic carbocycles. The summed E-state index contributed by atoms with van der Waals surface area (Å²) < 4.78 is 10.6. The van der Waals surface area contributed by atoms with E-state index in [1.54, 1.807) is 36.8 Å². The van der Waals surface area contributed by atoms with Crippen LogP contribution in [0.5, 0.6) is 0 Å². The highest BCUT2D eigenvalue weighted by molar-refractivity contribution is 6.09. The van der Waals surface area contributed by atoms with Gasteiger partial charge in [-0.3, -0.25) is 9.59 Å². The fourth-order valence-corrected chi connectivity index (χ4v) is 3.52. The Hall–Kier alpha value is -2.62. The molecular formula is C19H16O4. The first-order chi connectivity index (χ1) is 11.2. The molecule has 0 amide bonds. The lowest BCUT2D eigenvalue weighted by atomic mass is 9.67. The lowest BCUT2D eigenvalue weighted by Gasteiger charge is -2.34. The topological polar surface area (TPSA) is 60.4 Å². The van der Waals surface area contributed by atoms with Gasteiger partial charge in [-0.25, -0.2) is 0 Å². The van der Waals surface area contributed by atoms with Crippen molar-refractivity contribution in [2.45, 2.75) is 19.3 Å². The molecule has 4 nitrogen and oxygen atoms in total. The summed E-state index contributed by atoms with van der Waals surface area (Å²) >= 11 is 0. The number of hydrogen-bond acceptors (Lipinski definition) is 4. The molecule has 4 rings (SSSR count). The Morgan fingerprint density at radius 3 is 1.70 bits per heavy atom. The van der Waals surface area contributed by atoms with Crippen molar-refractivity contribution < 1.29 is 18.4 Å². The van der Waals surface area contributed by atoms with Crippen LogP contribution in [0.4, 0.5) is 0 Å². The molecule has 0 spiro atoms. The maximum Gasteiger partial charge on any atom is 0.162 e. The SMILES string of the molecule is O=C1C(=Cc2ccco2)C[C@H]2C[C@H]1C/C(=C/c1ccco1)C2=O. The van der Waals surface area contributed by atoms with E-state index in [9.17, 15) is 9.59 Å². The Labute approximate surface area is 133 Å². The van der Waals surface area contributed by atoms with E-state index >= 15 is 0 Å². The fraction of sp³-hybridized carbons (Fsp3) is 0.263. The van der Waals surface area contributed by atoms with Crippen molar-refractivity contribution in [1.29, 1.82) is 0 Å². The zero-order chi connectivity index (χ0) is 15.8. The summed E-state index contributed by atoms with van der Waals surface area (Å²) in [5.41, 5.74) is 1.40. The number of carbonyl (C=O) groups excluding carboxylic acids is 2. The van der Waals surface area contributed by atoms with Crippen LogP contribution in [0.1, 0.15) is 30.8 Å². The molecule has 0 unspecified atom stereocenters. The molecule has 2 aromatic heterocycles. The van der Waals surface area contributed by atoms with E-state index in [0.717, 1.165) is 0 Å². The zero-order valence-electron chi connectivity index (χ0n) is 12.5. The molecule has 2 heterocycles. The normalized spacial score (nSPS) is 27.8. The van der Waals surface area contributed by atoms with Crippen molar-refractivity contribution in [1.82, 2.24) is 0 Å². The largest absolute Gasteiger partial charge is 0.465 e. The van der Waals surface area contributed by atoms with Gasteiger partial charge in [0.25, 0.3) is 0 Å². The number of carbonyl (C=O) groups is 2. The molecular weight excluding hydrogens is 292 g/mol. The molecule has 0 radical (unpaired) electrons. The molecule has 23 heavy (non-hydrogen) atoms. The van der Waals surface area contributed by atoms with Crippen LogP contribution in [0.15, 0.2) is 56.8 Å². The summed E-state index contributed by atoms with van der Waals surface area (Å²) in [6.45, 7) is 0. The van der Waals surface area contributed by atoms with Gasteiger partial charge in [-0.05, 0) is 66.8 Å². The highest BCUT2D eigenvalue weighted by Gasteiger charge is 2.41. The molecule has 2 aromatic rings. The maximum atomic E-state index is 12.6. The smallest absolute Gasteiger partial charge is 0.162 e. The van der Waals surface area contributed by atoms with Crippen LogP contribution in [0.3, 0.4) is 0 Å². The summed E-state index contributed by atoms with van der Waals surface area (Å²) in [7, 11) is 0. The van der Waals surface area contributed by atoms with Crippen molar-refractivity contribution >= 4 is 23.7 Å². The quantitative estimate of drug-likeness (QED) is 0.789. The first-order valence-corrected chi connectivity index (χ1v) is 7.77. The Morgan fingerprint density at radius 1 is 0.826 bits per heavy atom. The summed E-state index contributed by atoms with van der Waals surface area (Å²) in [5.74, 6) is 1.35. The third kappa shape index (κ3) is 2.61. The summed E-state index contributed by atoms with van der Waals surface area (Å²) in [4.78, 5) is 25.3. The van der Waals surface area contributed by atoms with E-state index < -0.39 is 0 Å². The monoisotopic (exact) mass is 308 g/mol. The average molecular weight is 308 g/mol. The predicted molar refractivity (Wildman–Crippen MR) is 84.2 cm³/mol. The van der Waals surface area contributed by atoms with E-state index in [-0.39, 0.29) is 23.4 Å². The van der Waals surface area contributed by atoms with Crippen molar-refractivity contribution in [3.63, 3.8) is 0 Å². The summed E-state index contributed by atoms with van der Waals surface area (Å²) in [6.07, 6.45) is 8.34. The van der Waals surface area contributed by atoms with Crippen molar-refractivity contribution in [2.75, 3.05) is 0 Å². The van der Waals surface area contributed by atoms with Crippen molar-refractivity contribution in [3.05, 3.63) is 59.5 Å². The average Bonchev–Trinajstić information content (AvgIpc) is 3.22. The molecule has 2 aliphatic rings. The molecule has 2 aliphatic carbocycles. The van der Waals surface area contributed by atoms with Gasteiger partial charge in [-0.2, -0.15) is 0 Å². The maximum absolute atomic E-state index is 12.6. The first-order valence-electron chi connectivity index (χ1n) is 7.77. The van der Waals surface area contributed by atoms with Crippen LogP contribution < -0.4 is 0 Å². The van der Waals surface area contributed by atoms with Crippen LogP contribution >= 0.6 is 0 Å². The Bertz CT molecular complexity index is 722. The minimum absolute atomic E-state index is 0.117. The summed E-state index contributed by atoms with van der Waals surface area (Å²) in [6, 6.07) is 7.20. The highest BCUT2D eigenvalue weighted by Crippen LogP contribution is 2.41. The second-order valence-electron chi connectivity index (χ2n) is 6.14. The van der Waals surface area contributed by atoms with E-state index in [4.69, 9.17) is 8.83 Å². The van der Waals surface area contributed by atoms with E-state index in [0.29, 0.717) is 41.9 Å². The minimum Gasteiger partial charge on any atom is -0.465 e. The fourth-order valence-electron chi connectivity index (χ4n) is 3.52. The van der Waals surface area contributed by atoms with Crippen LogP contribution in [0.2, 0.25) is 0 Å². The zero-order valence-corrected chi connectivity index (χ0v) is 12.5. The van der Waals surface area contributed by atoms with E-state index in [1.807, 2.05) is 12.1 Å². The van der Waals surface area contributed by atoms with E-state index in [1.165, 1.54) is 0 Å². The van der Waals surface area contributed by atoms with Crippen molar-refractivity contribution in [2.24, 2.45) is 11.8 Å². The van der Waals surface area contributed by atoms with Gasteiger partial charge < -0.3 is 8.83 Å². The third-order valence-corrected chi connectivity index (χ3v) is 4.60. The lowest BCUT2D eigenvalue weighted by molar-refractivity contribution is -0.127. The van der Waals surface area contributed by atoms with Gasteiger partial charge in [0.2, 0.25) is 0 Å². The molecule has 4 heteroatoms. The van der Waals surface area contributed by atoms with Gasteiger partial charge >= 0.3 is 0 Å². The van der Waals surface area contributed by atoms with Crippen LogP contribution in [0.25, 0.3) is 12.2 Å². The molecule has 2 bridgehead atoms. The molecule has 0 aliphatic heterocycles. The van der Waals surface area contributed by atoms with Gasteiger partial charge in [0.05, 0.1) is 12.5 Å². The molecule has 2 saturated carbocycles. The molecule has 2 atom stereocenters. The van der Waals surface area contributed by atoms with Gasteiger partial charge in [0.15, 0.2) is 11.6 Å². The summed E-state index contributed by atoms with van der Waals surface area (Å²) in [5, 5.41) is 0.